The Balaban J connectivity index is 1.46. The number of fused-ring (bicyclic) bond motifs is 2. The van der Waals surface area contributed by atoms with Crippen molar-refractivity contribution in [2.75, 3.05) is 13.7 Å². The van der Waals surface area contributed by atoms with Crippen molar-refractivity contribution < 1.29 is 10.1 Å². The standard InChI is InChI=1S/C23H24N2O/c1-16-20(22-14-19(26-2)10-11-23(22)25-16)12-13-24-15-18-8-5-7-17-6-3-4-9-21(17)18/h3-11,14,24-25H,12-13,15H2,1-2H3/p+1. The molecule has 0 amide bonds. The predicted molar refractivity (Wildman–Crippen MR) is 108 cm³/mol. The van der Waals surface area contributed by atoms with Gasteiger partial charge in [-0.15, -0.1) is 0 Å². The predicted octanol–water partition coefficient (Wildman–Crippen LogP) is 3.94. The van der Waals surface area contributed by atoms with Crippen molar-refractivity contribution in [2.45, 2.75) is 19.9 Å². The van der Waals surface area contributed by atoms with Gasteiger partial charge in [0.15, 0.2) is 0 Å². The van der Waals surface area contributed by atoms with E-state index in [2.05, 4.69) is 71.8 Å². The first-order valence-electron chi connectivity index (χ1n) is 9.20. The molecule has 4 rings (SSSR count). The van der Waals surface area contributed by atoms with E-state index in [0.717, 1.165) is 25.3 Å². The molecule has 0 atom stereocenters. The second-order valence-corrected chi connectivity index (χ2v) is 6.81. The Kier molecular flexibility index (Phi) is 4.63. The molecule has 0 spiro atoms. The zero-order valence-corrected chi connectivity index (χ0v) is 15.4. The number of H-pyrrole nitrogens is 1. The molecule has 3 nitrogen and oxygen atoms in total. The summed E-state index contributed by atoms with van der Waals surface area (Å²) in [5.41, 5.74) is 5.24. The molecular formula is C23H25N2O+. The van der Waals surface area contributed by atoms with Crippen LogP contribution in [0.3, 0.4) is 0 Å². The quantitative estimate of drug-likeness (QED) is 0.511. The van der Waals surface area contributed by atoms with E-state index in [1.807, 2.05) is 6.07 Å². The summed E-state index contributed by atoms with van der Waals surface area (Å²) in [4.78, 5) is 3.49. The van der Waals surface area contributed by atoms with Gasteiger partial charge < -0.3 is 15.0 Å². The Labute approximate surface area is 154 Å². The summed E-state index contributed by atoms with van der Waals surface area (Å²) in [6.45, 7) is 4.23. The summed E-state index contributed by atoms with van der Waals surface area (Å²) < 4.78 is 5.39. The number of aryl methyl sites for hydroxylation is 1. The van der Waals surface area contributed by atoms with E-state index < -0.39 is 0 Å². The SMILES string of the molecule is COc1ccc2[nH]c(C)c(CC[NH2+]Cc3cccc4ccccc34)c2c1. The molecule has 0 unspecified atom stereocenters. The number of rotatable bonds is 6. The van der Waals surface area contributed by atoms with Gasteiger partial charge in [-0.1, -0.05) is 42.5 Å². The van der Waals surface area contributed by atoms with Gasteiger partial charge in [0.2, 0.25) is 0 Å². The van der Waals surface area contributed by atoms with Gasteiger partial charge in [-0.25, -0.2) is 0 Å². The number of benzene rings is 3. The molecule has 0 fully saturated rings. The summed E-state index contributed by atoms with van der Waals surface area (Å²) in [6, 6.07) is 21.4. The van der Waals surface area contributed by atoms with Crippen molar-refractivity contribution >= 4 is 21.7 Å². The molecule has 1 aromatic heterocycles. The van der Waals surface area contributed by atoms with Crippen LogP contribution in [0.4, 0.5) is 0 Å². The maximum absolute atomic E-state index is 5.39. The number of hydrogen-bond donors (Lipinski definition) is 2. The highest BCUT2D eigenvalue weighted by Gasteiger charge is 2.10. The van der Waals surface area contributed by atoms with Gasteiger partial charge in [0, 0.05) is 28.6 Å². The second kappa shape index (κ2) is 7.22. The van der Waals surface area contributed by atoms with E-state index in [4.69, 9.17) is 4.74 Å². The van der Waals surface area contributed by atoms with Crippen molar-refractivity contribution in [1.82, 2.24) is 4.98 Å². The normalized spacial score (nSPS) is 11.3. The van der Waals surface area contributed by atoms with Gasteiger partial charge >= 0.3 is 0 Å². The van der Waals surface area contributed by atoms with Crippen molar-refractivity contribution in [3.8, 4) is 5.75 Å². The van der Waals surface area contributed by atoms with Crippen LogP contribution in [0, 0.1) is 6.92 Å². The van der Waals surface area contributed by atoms with Crippen LogP contribution in [0.2, 0.25) is 0 Å². The fraction of sp³-hybridized carbons (Fsp3) is 0.217. The smallest absolute Gasteiger partial charge is 0.119 e. The third-order valence-corrected chi connectivity index (χ3v) is 5.17. The summed E-state index contributed by atoms with van der Waals surface area (Å²) in [5.74, 6) is 0.914. The second-order valence-electron chi connectivity index (χ2n) is 6.81. The largest absolute Gasteiger partial charge is 0.497 e. The Morgan fingerprint density at radius 1 is 0.962 bits per heavy atom. The molecule has 0 aliphatic heterocycles. The number of nitrogens with two attached hydrogens (primary N) is 1. The fourth-order valence-electron chi connectivity index (χ4n) is 3.79. The van der Waals surface area contributed by atoms with Gasteiger partial charge in [0.05, 0.1) is 13.7 Å². The van der Waals surface area contributed by atoms with Gasteiger partial charge in [-0.2, -0.15) is 0 Å². The molecule has 0 radical (unpaired) electrons. The van der Waals surface area contributed by atoms with E-state index in [1.54, 1.807) is 7.11 Å². The average molecular weight is 345 g/mol. The molecule has 3 heteroatoms. The van der Waals surface area contributed by atoms with Crippen molar-refractivity contribution in [3.63, 3.8) is 0 Å². The van der Waals surface area contributed by atoms with Crippen LogP contribution in [-0.4, -0.2) is 18.6 Å². The van der Waals surface area contributed by atoms with Crippen molar-refractivity contribution in [1.29, 1.82) is 0 Å². The average Bonchev–Trinajstić information content (AvgIpc) is 2.99. The Morgan fingerprint density at radius 3 is 2.69 bits per heavy atom. The first-order valence-corrected chi connectivity index (χ1v) is 9.20. The maximum atomic E-state index is 5.39. The molecule has 3 N–H and O–H groups in total. The summed E-state index contributed by atoms with van der Waals surface area (Å²) in [5, 5.41) is 6.36. The van der Waals surface area contributed by atoms with Crippen LogP contribution in [0.5, 0.6) is 5.75 Å². The molecule has 4 aromatic rings. The number of ether oxygens (including phenoxy) is 1. The van der Waals surface area contributed by atoms with Gasteiger partial charge in [-0.05, 0) is 41.5 Å². The van der Waals surface area contributed by atoms with E-state index in [0.29, 0.717) is 0 Å². The lowest BCUT2D eigenvalue weighted by molar-refractivity contribution is -0.669. The Morgan fingerprint density at radius 2 is 1.81 bits per heavy atom. The molecule has 26 heavy (non-hydrogen) atoms. The number of nitrogens with one attached hydrogen (secondary N) is 1. The fourth-order valence-corrected chi connectivity index (χ4v) is 3.79. The van der Waals surface area contributed by atoms with E-state index >= 15 is 0 Å². The maximum Gasteiger partial charge on any atom is 0.119 e. The van der Waals surface area contributed by atoms with Crippen LogP contribution < -0.4 is 10.1 Å². The third-order valence-electron chi connectivity index (χ3n) is 5.17. The summed E-state index contributed by atoms with van der Waals surface area (Å²) >= 11 is 0. The highest BCUT2D eigenvalue weighted by atomic mass is 16.5. The van der Waals surface area contributed by atoms with Crippen LogP contribution in [0.1, 0.15) is 16.8 Å². The Hall–Kier alpha value is -2.78. The van der Waals surface area contributed by atoms with E-state index in [1.165, 1.54) is 38.5 Å². The molecule has 132 valence electrons. The Bertz CT molecular complexity index is 1040. The molecule has 0 saturated heterocycles. The van der Waals surface area contributed by atoms with Crippen LogP contribution >= 0.6 is 0 Å². The van der Waals surface area contributed by atoms with Crippen molar-refractivity contribution in [3.05, 3.63) is 77.5 Å². The molecule has 0 saturated carbocycles. The van der Waals surface area contributed by atoms with Crippen molar-refractivity contribution in [2.24, 2.45) is 0 Å². The molecular weight excluding hydrogens is 320 g/mol. The number of methoxy groups -OCH3 is 1. The minimum atomic E-state index is 0.914. The molecule has 1 heterocycles. The van der Waals surface area contributed by atoms with Gasteiger partial charge in [0.25, 0.3) is 0 Å². The minimum Gasteiger partial charge on any atom is -0.497 e. The third kappa shape index (κ3) is 3.18. The number of quaternary nitrogens is 1. The number of aromatic nitrogens is 1. The monoisotopic (exact) mass is 345 g/mol. The lowest BCUT2D eigenvalue weighted by Gasteiger charge is -2.07. The van der Waals surface area contributed by atoms with Gasteiger partial charge in [0.1, 0.15) is 12.3 Å². The first-order chi connectivity index (χ1) is 12.8. The minimum absolute atomic E-state index is 0.914. The summed E-state index contributed by atoms with van der Waals surface area (Å²) in [7, 11) is 1.72. The molecule has 3 aromatic carbocycles. The zero-order valence-electron chi connectivity index (χ0n) is 15.4. The first kappa shape index (κ1) is 16.7. The summed E-state index contributed by atoms with van der Waals surface area (Å²) in [6.07, 6.45) is 1.05. The lowest BCUT2D eigenvalue weighted by atomic mass is 10.0. The molecule has 0 aliphatic carbocycles. The van der Waals surface area contributed by atoms with Crippen LogP contribution in [0.15, 0.2) is 60.7 Å². The topological polar surface area (TPSA) is 41.6 Å². The van der Waals surface area contributed by atoms with Crippen LogP contribution in [0.25, 0.3) is 21.7 Å². The highest BCUT2D eigenvalue weighted by Crippen LogP contribution is 2.26. The van der Waals surface area contributed by atoms with Gasteiger partial charge in [-0.3, -0.25) is 0 Å². The molecule has 0 aliphatic rings. The van der Waals surface area contributed by atoms with Crippen LogP contribution in [-0.2, 0) is 13.0 Å². The lowest BCUT2D eigenvalue weighted by Crippen LogP contribution is -2.83. The van der Waals surface area contributed by atoms with E-state index in [-0.39, 0.29) is 0 Å². The van der Waals surface area contributed by atoms with E-state index in [9.17, 15) is 0 Å². The zero-order chi connectivity index (χ0) is 17.9. The molecule has 0 bridgehead atoms. The number of aromatic amines is 1. The highest BCUT2D eigenvalue weighted by molar-refractivity contribution is 5.86. The number of hydrogen-bond acceptors (Lipinski definition) is 1.